The molecule has 40 heavy (non-hydrogen) atoms. The molecule has 1 fully saturated rings. The van der Waals surface area contributed by atoms with Crippen LogP contribution in [0.3, 0.4) is 0 Å². The maximum atomic E-state index is 13.6. The molecule has 0 amide bonds. The quantitative estimate of drug-likeness (QED) is 0.222. The molecule has 0 radical (unpaired) electrons. The summed E-state index contributed by atoms with van der Waals surface area (Å²) in [5.41, 5.74) is 3.45. The van der Waals surface area contributed by atoms with Crippen LogP contribution in [0.5, 0.6) is 11.5 Å². The van der Waals surface area contributed by atoms with E-state index in [2.05, 4.69) is 0 Å². The van der Waals surface area contributed by atoms with E-state index < -0.39 is 12.0 Å². The summed E-state index contributed by atoms with van der Waals surface area (Å²) in [6.07, 6.45) is 0. The molecule has 0 aromatic heterocycles. The molecule has 6 heteroatoms. The summed E-state index contributed by atoms with van der Waals surface area (Å²) in [6, 6.07) is 39.4. The lowest BCUT2D eigenvalue weighted by atomic mass is 9.71. The first-order valence-corrected chi connectivity index (χ1v) is 13.0. The zero-order valence-corrected chi connectivity index (χ0v) is 21.5. The Kier molecular flexibility index (Phi) is 6.50. The van der Waals surface area contributed by atoms with Crippen molar-refractivity contribution in [2.45, 2.75) is 12.0 Å². The van der Waals surface area contributed by atoms with Gasteiger partial charge in [-0.25, -0.2) is 0 Å². The Morgan fingerprint density at radius 1 is 0.475 bits per heavy atom. The van der Waals surface area contributed by atoms with Crippen LogP contribution < -0.4 is 9.80 Å². The smallest absolute Gasteiger partial charge is 0.178 e. The molecule has 0 heterocycles. The number of rotatable bonds is 7. The van der Waals surface area contributed by atoms with Gasteiger partial charge in [0.1, 0.15) is 17.4 Å². The molecule has 1 aliphatic rings. The fourth-order valence-electron chi connectivity index (χ4n) is 5.30. The van der Waals surface area contributed by atoms with Crippen molar-refractivity contribution >= 4 is 40.0 Å². The Balaban J connectivity index is 1.37. The molecule has 5 aromatic rings. The van der Waals surface area contributed by atoms with E-state index in [1.54, 1.807) is 4.90 Å². The third-order valence-corrected chi connectivity index (χ3v) is 7.13. The highest BCUT2D eigenvalue weighted by Crippen LogP contribution is 2.48. The predicted molar refractivity (Wildman–Crippen MR) is 156 cm³/mol. The summed E-state index contributed by atoms with van der Waals surface area (Å²) in [6.45, 7) is 0. The van der Waals surface area contributed by atoms with Crippen molar-refractivity contribution in [3.63, 3.8) is 0 Å². The number of hydrogen-bond donors (Lipinski definition) is 2. The second-order valence-electron chi connectivity index (χ2n) is 9.59. The van der Waals surface area contributed by atoms with Gasteiger partial charge in [-0.05, 0) is 48.5 Å². The lowest BCUT2D eigenvalue weighted by Gasteiger charge is -2.41. The van der Waals surface area contributed by atoms with Crippen LogP contribution in [0.1, 0.15) is 11.5 Å². The van der Waals surface area contributed by atoms with Crippen LogP contribution in [0.15, 0.2) is 133 Å². The average molecular weight is 527 g/mol. The Morgan fingerprint density at radius 2 is 0.825 bits per heavy atom. The molecule has 0 saturated heterocycles. The largest absolute Gasteiger partial charge is 0.507 e. The summed E-state index contributed by atoms with van der Waals surface area (Å²) in [4.78, 5) is 30.8. The highest BCUT2D eigenvalue weighted by molar-refractivity contribution is 6.33. The molecule has 0 bridgehead atoms. The lowest BCUT2D eigenvalue weighted by molar-refractivity contribution is -0.142. The van der Waals surface area contributed by atoms with Crippen LogP contribution in [0, 0.1) is 0 Å². The number of phenols is 2. The van der Waals surface area contributed by atoms with E-state index >= 15 is 0 Å². The number of phenolic OH excluding ortho intramolecular Hbond substituents is 2. The summed E-state index contributed by atoms with van der Waals surface area (Å²) in [5, 5.41) is 22.3. The summed E-state index contributed by atoms with van der Waals surface area (Å²) >= 11 is 0. The van der Waals surface area contributed by atoms with Crippen molar-refractivity contribution in [3.8, 4) is 11.5 Å². The van der Waals surface area contributed by atoms with Gasteiger partial charge in [0.05, 0.1) is 11.3 Å². The van der Waals surface area contributed by atoms with E-state index in [-0.39, 0.29) is 28.6 Å². The fraction of sp³-hybridized carbons (Fsp3) is 0.0588. The maximum absolute atomic E-state index is 13.6. The minimum absolute atomic E-state index is 0.0721. The summed E-state index contributed by atoms with van der Waals surface area (Å²) < 4.78 is 0. The monoisotopic (exact) mass is 526 g/mol. The van der Waals surface area contributed by atoms with E-state index in [0.717, 1.165) is 11.4 Å². The SMILES string of the molecule is O=C1C(c2c(O)cc(N(c3ccccc3)c3ccccc3)cc2O)C(=O)C1N(c1ccccc1)c1ccccc1. The average Bonchev–Trinajstić information content (AvgIpc) is 2.99. The highest BCUT2D eigenvalue weighted by atomic mass is 16.3. The number of ketones is 2. The van der Waals surface area contributed by atoms with Crippen LogP contribution in [-0.2, 0) is 9.59 Å². The summed E-state index contributed by atoms with van der Waals surface area (Å²) in [7, 11) is 0. The number of anilines is 5. The van der Waals surface area contributed by atoms with Gasteiger partial charge in [-0.3, -0.25) is 9.59 Å². The second kappa shape index (κ2) is 10.4. The third-order valence-electron chi connectivity index (χ3n) is 7.13. The number of carbonyl (C=O) groups is 2. The molecular formula is C34H26N2O4. The first-order valence-electron chi connectivity index (χ1n) is 13.0. The molecule has 0 spiro atoms. The number of benzene rings is 5. The summed E-state index contributed by atoms with van der Waals surface area (Å²) in [5.74, 6) is -2.68. The van der Waals surface area contributed by atoms with Gasteiger partial charge in [0.2, 0.25) is 0 Å². The molecule has 196 valence electrons. The Hall–Kier alpha value is -5.36. The number of Topliss-reactive ketones (excluding diaryl/α,β-unsaturated/α-hetero) is 2. The van der Waals surface area contributed by atoms with Gasteiger partial charge in [0, 0.05) is 34.9 Å². The van der Waals surface area contributed by atoms with E-state index in [9.17, 15) is 19.8 Å². The molecule has 0 unspecified atom stereocenters. The Morgan fingerprint density at radius 3 is 1.20 bits per heavy atom. The van der Waals surface area contributed by atoms with Gasteiger partial charge in [0.25, 0.3) is 0 Å². The number of carbonyl (C=O) groups excluding carboxylic acids is 2. The highest BCUT2D eigenvalue weighted by Gasteiger charge is 2.55. The molecule has 0 atom stereocenters. The maximum Gasteiger partial charge on any atom is 0.178 e. The van der Waals surface area contributed by atoms with Crippen LogP contribution in [-0.4, -0.2) is 27.8 Å². The van der Waals surface area contributed by atoms with E-state index in [4.69, 9.17) is 0 Å². The molecule has 2 N–H and O–H groups in total. The second-order valence-corrected chi connectivity index (χ2v) is 9.59. The van der Waals surface area contributed by atoms with Crippen LogP contribution in [0.2, 0.25) is 0 Å². The van der Waals surface area contributed by atoms with Crippen LogP contribution in [0.4, 0.5) is 28.4 Å². The Labute approximate surface area is 232 Å². The van der Waals surface area contributed by atoms with Gasteiger partial charge in [-0.1, -0.05) is 72.8 Å². The number of hydrogen-bond acceptors (Lipinski definition) is 6. The minimum atomic E-state index is -1.27. The predicted octanol–water partition coefficient (Wildman–Crippen LogP) is 7.01. The van der Waals surface area contributed by atoms with Crippen molar-refractivity contribution < 1.29 is 19.8 Å². The fourth-order valence-corrected chi connectivity index (χ4v) is 5.30. The van der Waals surface area contributed by atoms with Crippen molar-refractivity contribution in [1.82, 2.24) is 0 Å². The van der Waals surface area contributed by atoms with E-state index in [1.165, 1.54) is 12.1 Å². The number of aromatic hydroxyl groups is 2. The zero-order valence-electron chi connectivity index (χ0n) is 21.5. The van der Waals surface area contributed by atoms with Gasteiger partial charge in [-0.15, -0.1) is 0 Å². The van der Waals surface area contributed by atoms with Gasteiger partial charge in [-0.2, -0.15) is 0 Å². The van der Waals surface area contributed by atoms with Gasteiger partial charge >= 0.3 is 0 Å². The van der Waals surface area contributed by atoms with Crippen molar-refractivity contribution in [1.29, 1.82) is 0 Å². The van der Waals surface area contributed by atoms with E-state index in [0.29, 0.717) is 17.1 Å². The van der Waals surface area contributed by atoms with Gasteiger partial charge in [0.15, 0.2) is 17.6 Å². The molecule has 1 aliphatic carbocycles. The molecule has 6 nitrogen and oxygen atoms in total. The molecule has 6 rings (SSSR count). The first kappa shape index (κ1) is 24.9. The zero-order chi connectivity index (χ0) is 27.6. The number of nitrogens with zero attached hydrogens (tertiary/aromatic N) is 2. The molecule has 1 saturated carbocycles. The van der Waals surface area contributed by atoms with Crippen LogP contribution >= 0.6 is 0 Å². The molecule has 5 aromatic carbocycles. The van der Waals surface area contributed by atoms with Gasteiger partial charge < -0.3 is 20.0 Å². The first-order chi connectivity index (χ1) is 19.5. The van der Waals surface area contributed by atoms with E-state index in [1.807, 2.05) is 126 Å². The molecule has 0 aliphatic heterocycles. The third kappa shape index (κ3) is 4.35. The van der Waals surface area contributed by atoms with Crippen molar-refractivity contribution in [2.24, 2.45) is 0 Å². The Bertz CT molecular complexity index is 1540. The van der Waals surface area contributed by atoms with Crippen LogP contribution in [0.25, 0.3) is 0 Å². The standard InChI is InChI=1S/C34H26N2O4/c37-28-21-27(35(23-13-5-1-6-14-23)24-15-7-2-8-16-24)22-29(38)30(28)31-33(39)32(34(31)40)36(25-17-9-3-10-18-25)26-19-11-4-12-20-26/h1-22,31-32,37-38H. The molecular weight excluding hydrogens is 500 g/mol. The minimum Gasteiger partial charge on any atom is -0.507 e. The normalized spacial score (nSPS) is 16.3. The van der Waals surface area contributed by atoms with Crippen molar-refractivity contribution in [3.05, 3.63) is 139 Å². The van der Waals surface area contributed by atoms with Crippen molar-refractivity contribution in [2.75, 3.05) is 9.80 Å². The topological polar surface area (TPSA) is 81.1 Å². The number of para-hydroxylation sites is 4. The lowest BCUT2D eigenvalue weighted by Crippen LogP contribution is -2.59.